The van der Waals surface area contributed by atoms with Gasteiger partial charge in [-0.05, 0) is 0 Å². The first-order valence-electron chi connectivity index (χ1n) is 3.71. The van der Waals surface area contributed by atoms with Crippen LogP contribution in [0.3, 0.4) is 0 Å². The standard InChI is InChI=1S/C6H4NO.C4H8.Y/c8-5-6-2-1-3-7-4-6;1-3-4-2;/h1-2,4-5H;1-4H2;/q-1;-2;+3. The molecule has 0 atom stereocenters. The van der Waals surface area contributed by atoms with Gasteiger partial charge in [0.05, 0.1) is 0 Å². The number of hydrogen-bond donors (Lipinski definition) is 0. The maximum Gasteiger partial charge on any atom is 3.00 e. The Morgan fingerprint density at radius 1 is 1.46 bits per heavy atom. The average Bonchev–Trinajstić information content (AvgIpc) is 2.19. The minimum Gasteiger partial charge on any atom is -0.394 e. The fourth-order valence-electron chi connectivity index (χ4n) is 0.401. The molecule has 0 aromatic carbocycles. The van der Waals surface area contributed by atoms with Crippen molar-refractivity contribution in [3.05, 3.63) is 43.9 Å². The van der Waals surface area contributed by atoms with Crippen LogP contribution in [0.1, 0.15) is 23.2 Å². The summed E-state index contributed by atoms with van der Waals surface area (Å²) < 4.78 is 0. The molecule has 0 radical (unpaired) electrons. The summed E-state index contributed by atoms with van der Waals surface area (Å²) >= 11 is 0. The molecule has 0 saturated heterocycles. The molecule has 1 aromatic heterocycles. The van der Waals surface area contributed by atoms with Gasteiger partial charge in [0.25, 0.3) is 0 Å². The number of rotatable bonds is 2. The number of pyridine rings is 1. The molecule has 2 nitrogen and oxygen atoms in total. The van der Waals surface area contributed by atoms with Crippen molar-refractivity contribution in [1.82, 2.24) is 4.98 Å². The van der Waals surface area contributed by atoms with Gasteiger partial charge < -0.3 is 23.6 Å². The van der Waals surface area contributed by atoms with Crippen molar-refractivity contribution >= 4 is 6.29 Å². The fourth-order valence-corrected chi connectivity index (χ4v) is 0.401. The first-order chi connectivity index (χ1) is 5.85. The molecular formula is C10H12NOY. The van der Waals surface area contributed by atoms with Crippen LogP contribution >= 0.6 is 0 Å². The molecular weight excluding hydrogens is 239 g/mol. The Morgan fingerprint density at radius 3 is 2.31 bits per heavy atom. The van der Waals surface area contributed by atoms with Crippen LogP contribution in [0.4, 0.5) is 0 Å². The minimum absolute atomic E-state index is 0. The molecule has 0 spiro atoms. The molecule has 66 valence electrons. The Bertz CT molecular complexity index is 199. The number of carbonyl (C=O) groups excluding carboxylic acids is 1. The second kappa shape index (κ2) is 11.9. The number of aromatic nitrogens is 1. The van der Waals surface area contributed by atoms with Gasteiger partial charge >= 0.3 is 32.7 Å². The average molecular weight is 251 g/mol. The van der Waals surface area contributed by atoms with E-state index in [4.69, 9.17) is 0 Å². The van der Waals surface area contributed by atoms with Crippen LogP contribution in [0.15, 0.2) is 18.3 Å². The summed E-state index contributed by atoms with van der Waals surface area (Å²) in [4.78, 5) is 13.6. The van der Waals surface area contributed by atoms with E-state index >= 15 is 0 Å². The van der Waals surface area contributed by atoms with E-state index in [1.807, 2.05) is 0 Å². The molecule has 0 amide bonds. The van der Waals surface area contributed by atoms with Gasteiger partial charge in [0.15, 0.2) is 0 Å². The van der Waals surface area contributed by atoms with Crippen molar-refractivity contribution in [2.45, 2.75) is 12.8 Å². The topological polar surface area (TPSA) is 30.0 Å². The monoisotopic (exact) mass is 251 g/mol. The third kappa shape index (κ3) is 9.84. The molecule has 0 fully saturated rings. The van der Waals surface area contributed by atoms with E-state index in [1.165, 1.54) is 6.20 Å². The second-order valence-corrected chi connectivity index (χ2v) is 2.05. The van der Waals surface area contributed by atoms with E-state index in [1.54, 1.807) is 12.1 Å². The number of hydrogen-bond acceptors (Lipinski definition) is 2. The second-order valence-electron chi connectivity index (χ2n) is 2.05. The quantitative estimate of drug-likeness (QED) is 0.595. The van der Waals surface area contributed by atoms with E-state index < -0.39 is 0 Å². The van der Waals surface area contributed by atoms with Gasteiger partial charge in [-0.15, -0.1) is 0 Å². The molecule has 0 bridgehead atoms. The van der Waals surface area contributed by atoms with Gasteiger partial charge in [-0.2, -0.15) is 12.1 Å². The fraction of sp³-hybridized carbons (Fsp3) is 0.200. The predicted molar refractivity (Wildman–Crippen MR) is 48.4 cm³/mol. The summed E-state index contributed by atoms with van der Waals surface area (Å²) in [5.74, 6) is 0. The number of aldehydes is 1. The zero-order valence-electron chi connectivity index (χ0n) is 7.57. The van der Waals surface area contributed by atoms with E-state index in [9.17, 15) is 4.79 Å². The van der Waals surface area contributed by atoms with Gasteiger partial charge in [0, 0.05) is 0 Å². The third-order valence-corrected chi connectivity index (χ3v) is 1.02. The van der Waals surface area contributed by atoms with Crippen molar-refractivity contribution in [2.24, 2.45) is 0 Å². The van der Waals surface area contributed by atoms with Crippen LogP contribution in [-0.2, 0) is 32.7 Å². The van der Waals surface area contributed by atoms with Crippen LogP contribution in [-0.4, -0.2) is 11.3 Å². The van der Waals surface area contributed by atoms with Gasteiger partial charge in [-0.25, -0.2) is 12.8 Å². The Kier molecular flexibility index (Phi) is 14.1. The zero-order chi connectivity index (χ0) is 9.23. The Balaban J connectivity index is 0. The van der Waals surface area contributed by atoms with Crippen LogP contribution in [0, 0.1) is 20.0 Å². The molecule has 0 aliphatic carbocycles. The van der Waals surface area contributed by atoms with Gasteiger partial charge in [-0.1, -0.05) is 18.0 Å². The largest absolute Gasteiger partial charge is 3.00 e. The van der Waals surface area contributed by atoms with Crippen LogP contribution in [0.2, 0.25) is 0 Å². The van der Waals surface area contributed by atoms with Crippen LogP contribution in [0.25, 0.3) is 0 Å². The number of carbonyl (C=O) groups is 1. The molecule has 1 heterocycles. The molecule has 0 aliphatic rings. The molecule has 1 aromatic rings. The summed E-state index contributed by atoms with van der Waals surface area (Å²) in [7, 11) is 0. The smallest absolute Gasteiger partial charge is 0.394 e. The van der Waals surface area contributed by atoms with Crippen molar-refractivity contribution in [1.29, 1.82) is 0 Å². The molecule has 0 saturated carbocycles. The van der Waals surface area contributed by atoms with E-state index in [2.05, 4.69) is 25.0 Å². The van der Waals surface area contributed by atoms with Gasteiger partial charge in [-0.3, -0.25) is 0 Å². The Labute approximate surface area is 105 Å². The molecule has 0 N–H and O–H groups in total. The number of nitrogens with zero attached hydrogens (tertiary/aromatic N) is 1. The Hall–Kier alpha value is -0.0761. The van der Waals surface area contributed by atoms with E-state index in [-0.39, 0.29) is 32.7 Å². The first kappa shape index (κ1) is 15.4. The zero-order valence-corrected chi connectivity index (χ0v) is 10.4. The minimum atomic E-state index is 0. The molecule has 0 unspecified atom stereocenters. The molecule has 1 rings (SSSR count). The summed E-state index contributed by atoms with van der Waals surface area (Å²) in [6.07, 6.45) is 6.69. The maximum absolute atomic E-state index is 9.95. The van der Waals surface area contributed by atoms with Crippen LogP contribution < -0.4 is 0 Å². The molecule has 13 heavy (non-hydrogen) atoms. The van der Waals surface area contributed by atoms with Crippen molar-refractivity contribution in [3.8, 4) is 0 Å². The normalized spacial score (nSPS) is 7.54. The van der Waals surface area contributed by atoms with Crippen molar-refractivity contribution in [2.75, 3.05) is 0 Å². The predicted octanol–water partition coefficient (Wildman–Crippen LogP) is 2.13. The molecule has 3 heteroatoms. The van der Waals surface area contributed by atoms with E-state index in [0.29, 0.717) is 5.56 Å². The summed E-state index contributed by atoms with van der Waals surface area (Å²) in [6, 6.07) is 3.25. The van der Waals surface area contributed by atoms with Gasteiger partial charge in [0.2, 0.25) is 0 Å². The van der Waals surface area contributed by atoms with Crippen LogP contribution in [0.5, 0.6) is 0 Å². The summed E-state index contributed by atoms with van der Waals surface area (Å²) in [5.41, 5.74) is 0.587. The van der Waals surface area contributed by atoms with Crippen molar-refractivity contribution < 1.29 is 37.5 Å². The van der Waals surface area contributed by atoms with Gasteiger partial charge in [0.1, 0.15) is 6.29 Å². The molecule has 0 aliphatic heterocycles. The third-order valence-electron chi connectivity index (χ3n) is 1.02. The summed E-state index contributed by atoms with van der Waals surface area (Å²) in [6.45, 7) is 7.08. The number of unbranched alkanes of at least 4 members (excludes halogenated alkanes) is 1. The van der Waals surface area contributed by atoms with Crippen molar-refractivity contribution in [3.63, 3.8) is 0 Å². The Morgan fingerprint density at radius 2 is 2.08 bits per heavy atom. The summed E-state index contributed by atoms with van der Waals surface area (Å²) in [5, 5.41) is 0. The maximum atomic E-state index is 9.95. The first-order valence-corrected chi connectivity index (χ1v) is 3.71. The SMILES string of the molecule is O=Cc1cc[c-]nc1.[CH2-]CC[CH2-].[Y+3]. The van der Waals surface area contributed by atoms with E-state index in [0.717, 1.165) is 19.1 Å².